The molecule has 4 rings (SSSR count). The Morgan fingerprint density at radius 1 is 0.921 bits per heavy atom. The molecule has 3 atom stereocenters. The lowest BCUT2D eigenvalue weighted by molar-refractivity contribution is -0.137. The monoisotopic (exact) mass is 521 g/mol. The lowest BCUT2D eigenvalue weighted by Gasteiger charge is -2.33. The molecule has 38 heavy (non-hydrogen) atoms. The molecule has 7 nitrogen and oxygen atoms in total. The number of halogens is 2. The normalized spacial score (nSPS) is 16.6. The molecule has 1 heterocycles. The summed E-state index contributed by atoms with van der Waals surface area (Å²) in [7, 11) is 1.63. The van der Waals surface area contributed by atoms with Crippen LogP contribution in [0.1, 0.15) is 44.0 Å². The van der Waals surface area contributed by atoms with Gasteiger partial charge in [-0.25, -0.2) is 8.78 Å². The standard InChI is InChI=1S/C29H29F2N3O4/c1-29(2,3)25(33-26(36)24(35)16-13-17(30)15-18(31)14-16)27(37)32-23-21-11-6-5-9-19(21)20-10-7-8-12-22(20)34(4)28(23)38/h5-15,23-25,35H,1-4H3,(H,32,37)(H,33,36). The highest BCUT2D eigenvalue weighted by Gasteiger charge is 2.39. The smallest absolute Gasteiger partial charge is 0.254 e. The lowest BCUT2D eigenvalue weighted by Crippen LogP contribution is -2.56. The Balaban J connectivity index is 1.64. The minimum Gasteiger partial charge on any atom is -0.378 e. The van der Waals surface area contributed by atoms with E-state index < -0.39 is 47.1 Å². The van der Waals surface area contributed by atoms with Crippen molar-refractivity contribution in [2.45, 2.75) is 39.0 Å². The molecule has 0 bridgehead atoms. The van der Waals surface area contributed by atoms with Crippen LogP contribution < -0.4 is 15.5 Å². The number of fused-ring (bicyclic) bond motifs is 3. The van der Waals surface area contributed by atoms with Crippen molar-refractivity contribution in [3.8, 4) is 11.1 Å². The molecule has 0 spiro atoms. The van der Waals surface area contributed by atoms with Gasteiger partial charge in [-0.1, -0.05) is 63.2 Å². The molecule has 0 saturated carbocycles. The van der Waals surface area contributed by atoms with Crippen LogP contribution in [0.5, 0.6) is 0 Å². The summed E-state index contributed by atoms with van der Waals surface area (Å²) < 4.78 is 27.3. The fourth-order valence-electron chi connectivity index (χ4n) is 4.58. The van der Waals surface area contributed by atoms with Gasteiger partial charge in [-0.15, -0.1) is 0 Å². The maximum atomic E-state index is 13.6. The predicted molar refractivity (Wildman–Crippen MR) is 139 cm³/mol. The fourth-order valence-corrected chi connectivity index (χ4v) is 4.58. The van der Waals surface area contributed by atoms with Gasteiger partial charge in [-0.05, 0) is 40.3 Å². The van der Waals surface area contributed by atoms with Gasteiger partial charge in [0.05, 0.1) is 5.69 Å². The Morgan fingerprint density at radius 2 is 1.50 bits per heavy atom. The zero-order valence-corrected chi connectivity index (χ0v) is 21.5. The number of nitrogens with zero attached hydrogens (tertiary/aromatic N) is 1. The Bertz CT molecular complexity index is 1380. The van der Waals surface area contributed by atoms with E-state index in [4.69, 9.17) is 0 Å². The quantitative estimate of drug-likeness (QED) is 0.472. The molecule has 9 heteroatoms. The number of aliphatic hydroxyl groups is 1. The van der Waals surface area contributed by atoms with Crippen molar-refractivity contribution < 1.29 is 28.3 Å². The van der Waals surface area contributed by atoms with Crippen LogP contribution >= 0.6 is 0 Å². The molecule has 0 fully saturated rings. The highest BCUT2D eigenvalue weighted by molar-refractivity contribution is 6.06. The van der Waals surface area contributed by atoms with E-state index in [9.17, 15) is 28.3 Å². The van der Waals surface area contributed by atoms with Crippen LogP contribution in [0.4, 0.5) is 14.5 Å². The summed E-state index contributed by atoms with van der Waals surface area (Å²) in [5.74, 6) is -3.94. The molecule has 3 aromatic carbocycles. The van der Waals surface area contributed by atoms with E-state index in [1.54, 1.807) is 40.0 Å². The summed E-state index contributed by atoms with van der Waals surface area (Å²) in [5.41, 5.74) is 1.76. The van der Waals surface area contributed by atoms with Crippen LogP contribution in [-0.2, 0) is 14.4 Å². The second-order valence-corrected chi connectivity index (χ2v) is 10.4. The Labute approximate surface area is 219 Å². The predicted octanol–water partition coefficient (Wildman–Crippen LogP) is 4.03. The number of nitrogens with one attached hydrogen (secondary N) is 2. The van der Waals surface area contributed by atoms with E-state index in [1.165, 1.54) is 4.90 Å². The van der Waals surface area contributed by atoms with Gasteiger partial charge in [0, 0.05) is 18.7 Å². The highest BCUT2D eigenvalue weighted by atomic mass is 19.1. The van der Waals surface area contributed by atoms with Crippen LogP contribution in [0.2, 0.25) is 0 Å². The van der Waals surface area contributed by atoms with E-state index in [-0.39, 0.29) is 11.5 Å². The second-order valence-electron chi connectivity index (χ2n) is 10.4. The van der Waals surface area contributed by atoms with Crippen LogP contribution in [0.3, 0.4) is 0 Å². The lowest BCUT2D eigenvalue weighted by atomic mass is 9.85. The fraction of sp³-hybridized carbons (Fsp3) is 0.276. The van der Waals surface area contributed by atoms with Gasteiger partial charge < -0.3 is 20.6 Å². The minimum atomic E-state index is -1.92. The molecule has 0 aromatic heterocycles. The summed E-state index contributed by atoms with van der Waals surface area (Å²) in [4.78, 5) is 41.5. The molecule has 3 amide bonds. The number of para-hydroxylation sites is 1. The number of anilines is 1. The second kappa shape index (κ2) is 10.3. The van der Waals surface area contributed by atoms with Gasteiger partial charge in [0.25, 0.3) is 11.8 Å². The van der Waals surface area contributed by atoms with E-state index >= 15 is 0 Å². The van der Waals surface area contributed by atoms with Crippen molar-refractivity contribution in [3.05, 3.63) is 89.5 Å². The number of aliphatic hydroxyl groups excluding tert-OH is 1. The van der Waals surface area contributed by atoms with Crippen molar-refractivity contribution in [1.82, 2.24) is 10.6 Å². The summed E-state index contributed by atoms with van der Waals surface area (Å²) in [5, 5.41) is 15.8. The summed E-state index contributed by atoms with van der Waals surface area (Å²) in [6.07, 6.45) is -1.92. The first-order valence-corrected chi connectivity index (χ1v) is 12.1. The Kier molecular flexibility index (Phi) is 7.33. The summed E-state index contributed by atoms with van der Waals surface area (Å²) in [6.45, 7) is 5.11. The largest absolute Gasteiger partial charge is 0.378 e. The maximum absolute atomic E-state index is 13.6. The maximum Gasteiger partial charge on any atom is 0.254 e. The third-order valence-electron chi connectivity index (χ3n) is 6.56. The van der Waals surface area contributed by atoms with Gasteiger partial charge >= 0.3 is 0 Å². The van der Waals surface area contributed by atoms with Gasteiger partial charge in [0.1, 0.15) is 23.7 Å². The van der Waals surface area contributed by atoms with Crippen molar-refractivity contribution in [2.24, 2.45) is 5.41 Å². The number of hydrogen-bond acceptors (Lipinski definition) is 4. The SMILES string of the molecule is CN1C(=O)C(NC(=O)C(NC(=O)C(O)c2cc(F)cc(F)c2)C(C)(C)C)c2ccccc2-c2ccccc21. The molecule has 3 unspecified atom stereocenters. The summed E-state index contributed by atoms with van der Waals surface area (Å²) >= 11 is 0. The number of carbonyl (C=O) groups is 3. The zero-order valence-electron chi connectivity index (χ0n) is 21.5. The van der Waals surface area contributed by atoms with Crippen LogP contribution in [0.25, 0.3) is 11.1 Å². The number of rotatable bonds is 5. The molecular weight excluding hydrogens is 492 g/mol. The number of likely N-dealkylation sites (N-methyl/N-ethyl adjacent to an activating group) is 1. The molecule has 3 aromatic rings. The average Bonchev–Trinajstić information content (AvgIpc) is 2.95. The molecule has 0 saturated heterocycles. The van der Waals surface area contributed by atoms with Gasteiger partial charge in [-0.3, -0.25) is 14.4 Å². The molecule has 0 aliphatic carbocycles. The molecule has 1 aliphatic heterocycles. The number of carbonyl (C=O) groups excluding carboxylic acids is 3. The number of hydrogen-bond donors (Lipinski definition) is 3. The first-order chi connectivity index (χ1) is 17.9. The van der Waals surface area contributed by atoms with Crippen molar-refractivity contribution in [2.75, 3.05) is 11.9 Å². The molecular formula is C29H29F2N3O4. The van der Waals surface area contributed by atoms with Crippen molar-refractivity contribution in [3.63, 3.8) is 0 Å². The topological polar surface area (TPSA) is 98.7 Å². The third kappa shape index (κ3) is 5.28. The van der Waals surface area contributed by atoms with Gasteiger partial charge in [0.2, 0.25) is 5.91 Å². The number of amides is 3. The van der Waals surface area contributed by atoms with Crippen molar-refractivity contribution >= 4 is 23.4 Å². The van der Waals surface area contributed by atoms with Gasteiger partial charge in [-0.2, -0.15) is 0 Å². The Morgan fingerprint density at radius 3 is 2.13 bits per heavy atom. The van der Waals surface area contributed by atoms with E-state index in [0.717, 1.165) is 23.3 Å². The van der Waals surface area contributed by atoms with Crippen LogP contribution in [0, 0.1) is 17.0 Å². The average molecular weight is 522 g/mol. The molecule has 0 radical (unpaired) electrons. The zero-order chi connectivity index (χ0) is 27.8. The highest BCUT2D eigenvalue weighted by Crippen LogP contribution is 2.39. The molecule has 1 aliphatic rings. The minimum absolute atomic E-state index is 0.291. The molecule has 3 N–H and O–H groups in total. The van der Waals surface area contributed by atoms with Crippen LogP contribution in [-0.4, -0.2) is 35.9 Å². The van der Waals surface area contributed by atoms with Gasteiger partial charge in [0.15, 0.2) is 6.10 Å². The van der Waals surface area contributed by atoms with Crippen molar-refractivity contribution in [1.29, 1.82) is 0 Å². The van der Waals surface area contributed by atoms with Crippen LogP contribution in [0.15, 0.2) is 66.7 Å². The number of benzene rings is 3. The Hall–Kier alpha value is -4.11. The first-order valence-electron chi connectivity index (χ1n) is 12.1. The van der Waals surface area contributed by atoms with E-state index in [2.05, 4.69) is 10.6 Å². The molecule has 198 valence electrons. The summed E-state index contributed by atoms with van der Waals surface area (Å²) in [6, 6.07) is 14.7. The first kappa shape index (κ1) is 26.9. The third-order valence-corrected chi connectivity index (χ3v) is 6.56. The van der Waals surface area contributed by atoms with E-state index in [1.807, 2.05) is 36.4 Å². The van der Waals surface area contributed by atoms with E-state index in [0.29, 0.717) is 17.3 Å².